The summed E-state index contributed by atoms with van der Waals surface area (Å²) in [6.45, 7) is -1.04. The summed E-state index contributed by atoms with van der Waals surface area (Å²) in [7, 11) is -3.31. The van der Waals surface area contributed by atoms with Crippen molar-refractivity contribution in [3.8, 4) is 0 Å². The smallest absolute Gasteiger partial charge is 0.394 e. The van der Waals surface area contributed by atoms with E-state index in [1.807, 2.05) is 0 Å². The average molecular weight is 601 g/mol. The molecule has 3 aromatic heterocycles. The van der Waals surface area contributed by atoms with Crippen molar-refractivity contribution in [2.24, 2.45) is 0 Å². The number of aliphatic hydroxyl groups excluding tert-OH is 2. The van der Waals surface area contributed by atoms with Gasteiger partial charge in [0.05, 0.1) is 25.6 Å². The van der Waals surface area contributed by atoms with Crippen molar-refractivity contribution in [2.75, 3.05) is 38.1 Å². The zero-order valence-electron chi connectivity index (χ0n) is 21.5. The minimum Gasteiger partial charge on any atom is -0.394 e. The molecule has 0 saturated carbocycles. The summed E-state index contributed by atoms with van der Waals surface area (Å²) < 4.78 is 41.8. The molecular formula is C20H28N9O11P. The lowest BCUT2D eigenvalue weighted by atomic mass is 10.2. The monoisotopic (exact) mass is 601 g/mol. The number of hydrogen-bond donors (Lipinski definition) is 6. The fraction of sp³-hybridized carbons (Fsp3) is 0.600. The molecule has 41 heavy (non-hydrogen) atoms. The van der Waals surface area contributed by atoms with Gasteiger partial charge in [-0.1, -0.05) is 0 Å². The third-order valence-electron chi connectivity index (χ3n) is 6.42. The van der Waals surface area contributed by atoms with Gasteiger partial charge in [0.2, 0.25) is 11.9 Å². The number of phosphoric ester groups is 1. The Balaban J connectivity index is 1.22. The number of H-pyrrole nitrogens is 1. The molecule has 3 unspecified atom stereocenters. The minimum absolute atomic E-state index is 0.0362. The van der Waals surface area contributed by atoms with E-state index in [-0.39, 0.29) is 42.6 Å². The van der Waals surface area contributed by atoms with Gasteiger partial charge in [-0.3, -0.25) is 28.0 Å². The van der Waals surface area contributed by atoms with Gasteiger partial charge >= 0.3 is 13.5 Å². The standard InChI is InChI=1S/C20H28N9O11P/c1-36-8-24-19-25-16-15(17(32)26-19)22-6-28(16)13-2-9(31)12(39-13)5-37-41(34,35)40-10-3-14(38-11(10)4-30)29-7-23-18(21)27-20(29)33/h6-7,9-14,30-31H,2-5,8H2,1H3,(H,34,35)(H2,21,27,33)(H2,24,25,26,32)/t9?,10?,11-,12-,13-,14-/m1/s1. The van der Waals surface area contributed by atoms with E-state index in [4.69, 9.17) is 29.0 Å². The van der Waals surface area contributed by atoms with Crippen molar-refractivity contribution >= 4 is 30.9 Å². The summed E-state index contributed by atoms with van der Waals surface area (Å²) >= 11 is 0. The van der Waals surface area contributed by atoms with Crippen molar-refractivity contribution in [3.05, 3.63) is 33.5 Å². The molecule has 2 aliphatic heterocycles. The quantitative estimate of drug-likeness (QED) is 0.100. The van der Waals surface area contributed by atoms with Crippen LogP contribution in [0.1, 0.15) is 25.3 Å². The van der Waals surface area contributed by atoms with E-state index in [9.17, 15) is 29.3 Å². The van der Waals surface area contributed by atoms with Crippen LogP contribution in [0.25, 0.3) is 11.2 Å². The molecule has 7 N–H and O–H groups in total. The molecule has 0 bridgehead atoms. The molecular weight excluding hydrogens is 573 g/mol. The number of nitrogens with zero attached hydrogens (tertiary/aromatic N) is 6. The van der Waals surface area contributed by atoms with Crippen LogP contribution in [0.3, 0.4) is 0 Å². The van der Waals surface area contributed by atoms with E-state index in [1.165, 1.54) is 18.0 Å². The number of imidazole rings is 1. The van der Waals surface area contributed by atoms with Crippen LogP contribution >= 0.6 is 7.82 Å². The zero-order valence-corrected chi connectivity index (χ0v) is 22.4. The second kappa shape index (κ2) is 11.9. The van der Waals surface area contributed by atoms with Crippen LogP contribution < -0.4 is 22.3 Å². The van der Waals surface area contributed by atoms with Gasteiger partial charge in [0.25, 0.3) is 5.56 Å². The lowest BCUT2D eigenvalue weighted by Gasteiger charge is -2.21. The Labute approximate surface area is 229 Å². The Morgan fingerprint density at radius 3 is 2.63 bits per heavy atom. The highest BCUT2D eigenvalue weighted by Crippen LogP contribution is 2.49. The van der Waals surface area contributed by atoms with Crippen molar-refractivity contribution in [3.63, 3.8) is 0 Å². The summed E-state index contributed by atoms with van der Waals surface area (Å²) in [4.78, 5) is 52.9. The van der Waals surface area contributed by atoms with Gasteiger partial charge in [-0.15, -0.1) is 0 Å². The highest BCUT2D eigenvalue weighted by Gasteiger charge is 2.43. The number of aliphatic hydroxyl groups is 2. The lowest BCUT2D eigenvalue weighted by molar-refractivity contribution is -0.0565. The van der Waals surface area contributed by atoms with E-state index < -0.39 is 69.2 Å². The third-order valence-corrected chi connectivity index (χ3v) is 7.43. The van der Waals surface area contributed by atoms with Gasteiger partial charge in [-0.05, 0) is 0 Å². The van der Waals surface area contributed by atoms with Gasteiger partial charge in [0.1, 0.15) is 43.8 Å². The largest absolute Gasteiger partial charge is 0.472 e. The van der Waals surface area contributed by atoms with E-state index in [1.54, 1.807) is 0 Å². The maximum Gasteiger partial charge on any atom is 0.472 e. The molecule has 3 aromatic rings. The first-order chi connectivity index (χ1) is 19.6. The number of aromatic nitrogens is 7. The van der Waals surface area contributed by atoms with E-state index >= 15 is 0 Å². The Hall–Kier alpha value is -3.33. The van der Waals surface area contributed by atoms with Crippen molar-refractivity contribution < 1.29 is 42.9 Å². The molecule has 224 valence electrons. The van der Waals surface area contributed by atoms with Crippen LogP contribution in [-0.2, 0) is 27.8 Å². The molecule has 20 nitrogen and oxygen atoms in total. The SMILES string of the molecule is COCNc1nc2c(ncn2[C@H]2CC(O)[C@@H](COP(=O)(O)OC3C[C@H](n4cnc(N)nc4=O)O[C@@H]3CO)O2)c(=O)[nH]1. The number of phosphoric acid groups is 1. The molecule has 2 aliphatic rings. The average Bonchev–Trinajstić information content (AvgIpc) is 3.62. The Kier molecular flexibility index (Phi) is 8.45. The molecule has 2 fully saturated rings. The van der Waals surface area contributed by atoms with E-state index in [0.29, 0.717) is 0 Å². The van der Waals surface area contributed by atoms with E-state index in [2.05, 4.69) is 30.2 Å². The number of rotatable bonds is 11. The van der Waals surface area contributed by atoms with Crippen LogP contribution in [0.5, 0.6) is 0 Å². The molecule has 2 saturated heterocycles. The molecule has 21 heteroatoms. The number of nitrogens with two attached hydrogens (primary N) is 1. The maximum atomic E-state index is 12.7. The second-order valence-electron chi connectivity index (χ2n) is 9.14. The topological polar surface area (TPSA) is 273 Å². The third kappa shape index (κ3) is 6.30. The predicted octanol–water partition coefficient (Wildman–Crippen LogP) is -2.20. The predicted molar refractivity (Wildman–Crippen MR) is 135 cm³/mol. The molecule has 0 spiro atoms. The first-order valence-corrected chi connectivity index (χ1v) is 13.7. The molecule has 7 atom stereocenters. The summed E-state index contributed by atoms with van der Waals surface area (Å²) in [6, 6.07) is 0. The number of fused-ring (bicyclic) bond motifs is 1. The van der Waals surface area contributed by atoms with Gasteiger partial charge in [0, 0.05) is 20.0 Å². The van der Waals surface area contributed by atoms with Crippen LogP contribution in [0.4, 0.5) is 11.9 Å². The summed E-state index contributed by atoms with van der Waals surface area (Å²) in [6.07, 6.45) is -3.85. The zero-order chi connectivity index (χ0) is 29.3. The van der Waals surface area contributed by atoms with Crippen molar-refractivity contribution in [1.82, 2.24) is 34.1 Å². The van der Waals surface area contributed by atoms with Crippen molar-refractivity contribution in [2.45, 2.75) is 49.7 Å². The number of nitrogens with one attached hydrogen (secondary N) is 2. The van der Waals surface area contributed by atoms with Crippen LogP contribution in [0.15, 0.2) is 22.2 Å². The summed E-state index contributed by atoms with van der Waals surface area (Å²) in [5.74, 6) is -0.103. The first kappa shape index (κ1) is 29.2. The number of methoxy groups -OCH3 is 1. The normalized spacial score (nSPS) is 27.8. The van der Waals surface area contributed by atoms with Crippen LogP contribution in [0.2, 0.25) is 0 Å². The van der Waals surface area contributed by atoms with Crippen LogP contribution in [0, 0.1) is 0 Å². The number of nitrogen functional groups attached to an aromatic ring is 1. The highest BCUT2D eigenvalue weighted by molar-refractivity contribution is 7.47. The second-order valence-corrected chi connectivity index (χ2v) is 10.5. The molecule has 0 amide bonds. The fourth-order valence-electron chi connectivity index (χ4n) is 4.47. The van der Waals surface area contributed by atoms with Gasteiger partial charge < -0.3 is 40.4 Å². The summed E-state index contributed by atoms with van der Waals surface area (Å²) in [5.41, 5.74) is 4.34. The molecule has 5 rings (SSSR count). The van der Waals surface area contributed by atoms with Crippen LogP contribution in [-0.4, -0.2) is 101 Å². The number of aromatic amines is 1. The molecule has 0 aromatic carbocycles. The Morgan fingerprint density at radius 2 is 1.90 bits per heavy atom. The molecule has 5 heterocycles. The number of anilines is 2. The van der Waals surface area contributed by atoms with E-state index in [0.717, 1.165) is 10.9 Å². The maximum absolute atomic E-state index is 12.7. The number of ether oxygens (including phenoxy) is 3. The Morgan fingerprint density at radius 1 is 1.17 bits per heavy atom. The lowest BCUT2D eigenvalue weighted by Crippen LogP contribution is -2.29. The highest BCUT2D eigenvalue weighted by atomic mass is 31.2. The molecule has 0 radical (unpaired) electrons. The first-order valence-electron chi connectivity index (χ1n) is 12.2. The Bertz CT molecular complexity index is 1550. The molecule has 0 aliphatic carbocycles. The number of hydrogen-bond acceptors (Lipinski definition) is 16. The van der Waals surface area contributed by atoms with Gasteiger partial charge in [0.15, 0.2) is 11.2 Å². The van der Waals surface area contributed by atoms with Crippen molar-refractivity contribution in [1.29, 1.82) is 0 Å². The van der Waals surface area contributed by atoms with Gasteiger partial charge in [-0.2, -0.15) is 9.97 Å². The fourth-order valence-corrected chi connectivity index (χ4v) is 5.43. The minimum atomic E-state index is -4.77. The van der Waals surface area contributed by atoms with Gasteiger partial charge in [-0.25, -0.2) is 19.3 Å². The summed E-state index contributed by atoms with van der Waals surface area (Å²) in [5, 5.41) is 23.0.